The van der Waals surface area contributed by atoms with Crippen molar-refractivity contribution in [1.82, 2.24) is 4.90 Å². The Labute approximate surface area is 171 Å². The van der Waals surface area contributed by atoms with Crippen LogP contribution in [-0.4, -0.2) is 36.4 Å². The van der Waals surface area contributed by atoms with Crippen molar-refractivity contribution in [3.63, 3.8) is 0 Å². The van der Waals surface area contributed by atoms with E-state index in [1.165, 1.54) is 0 Å². The summed E-state index contributed by atoms with van der Waals surface area (Å²) >= 11 is 0. The molecule has 0 atom stereocenters. The highest BCUT2D eigenvalue weighted by atomic mass is 16.5. The number of nitrogens with zero attached hydrogens (tertiary/aromatic N) is 3. The van der Waals surface area contributed by atoms with Gasteiger partial charge in [0.05, 0.1) is 11.6 Å². The van der Waals surface area contributed by atoms with E-state index in [9.17, 15) is 9.59 Å². The van der Waals surface area contributed by atoms with Crippen LogP contribution in [0.15, 0.2) is 48.5 Å². The molecule has 2 aromatic carbocycles. The van der Waals surface area contributed by atoms with E-state index in [4.69, 9.17) is 10.00 Å². The number of hydrogen-bond donors (Lipinski definition) is 0. The maximum atomic E-state index is 12.6. The van der Waals surface area contributed by atoms with E-state index in [1.54, 1.807) is 34.1 Å². The first-order valence-corrected chi connectivity index (χ1v) is 9.90. The second-order valence-electron chi connectivity index (χ2n) is 7.06. The van der Waals surface area contributed by atoms with Gasteiger partial charge in [0.25, 0.3) is 5.91 Å². The molecule has 0 bridgehead atoms. The van der Waals surface area contributed by atoms with Gasteiger partial charge in [-0.2, -0.15) is 5.26 Å². The average Bonchev–Trinajstić information content (AvgIpc) is 3.18. The number of ether oxygens (including phenoxy) is 1. The fourth-order valence-corrected chi connectivity index (χ4v) is 3.35. The van der Waals surface area contributed by atoms with E-state index in [0.717, 1.165) is 30.6 Å². The zero-order chi connectivity index (χ0) is 20.6. The normalized spacial score (nSPS) is 13.2. The Morgan fingerprint density at radius 3 is 2.48 bits per heavy atom. The van der Waals surface area contributed by atoms with Crippen LogP contribution in [0.3, 0.4) is 0 Å². The smallest absolute Gasteiger partial charge is 0.260 e. The van der Waals surface area contributed by atoms with Crippen molar-refractivity contribution in [3.8, 4) is 11.8 Å². The third-order valence-electron chi connectivity index (χ3n) is 4.89. The van der Waals surface area contributed by atoms with Crippen LogP contribution in [0.4, 0.5) is 5.69 Å². The molecular formula is C23H25N3O3. The molecule has 1 heterocycles. The second kappa shape index (κ2) is 9.74. The molecule has 150 valence electrons. The van der Waals surface area contributed by atoms with Crippen LogP contribution in [0.1, 0.15) is 37.3 Å². The molecular weight excluding hydrogens is 366 g/mol. The van der Waals surface area contributed by atoms with Crippen LogP contribution >= 0.6 is 0 Å². The minimum atomic E-state index is -0.0880. The molecule has 3 rings (SSSR count). The molecule has 0 aliphatic carbocycles. The van der Waals surface area contributed by atoms with Crippen molar-refractivity contribution in [2.45, 2.75) is 32.7 Å². The Balaban J connectivity index is 1.56. The molecule has 29 heavy (non-hydrogen) atoms. The van der Waals surface area contributed by atoms with Gasteiger partial charge in [-0.05, 0) is 54.8 Å². The van der Waals surface area contributed by atoms with Crippen molar-refractivity contribution in [3.05, 3.63) is 59.7 Å². The lowest BCUT2D eigenvalue weighted by atomic mass is 10.1. The molecule has 0 N–H and O–H groups in total. The number of carbonyl (C=O) groups is 2. The molecule has 1 aliphatic heterocycles. The Morgan fingerprint density at radius 2 is 1.90 bits per heavy atom. The summed E-state index contributed by atoms with van der Waals surface area (Å²) in [5.41, 5.74) is 2.44. The average molecular weight is 391 g/mol. The predicted octanol–water partition coefficient (Wildman–Crippen LogP) is 3.50. The van der Waals surface area contributed by atoms with Crippen LogP contribution in [0.25, 0.3) is 0 Å². The lowest BCUT2D eigenvalue weighted by Gasteiger charge is -2.22. The Bertz CT molecular complexity index is 885. The van der Waals surface area contributed by atoms with E-state index in [1.807, 2.05) is 31.2 Å². The van der Waals surface area contributed by atoms with Gasteiger partial charge in [0, 0.05) is 31.7 Å². The molecule has 1 aliphatic rings. The zero-order valence-electron chi connectivity index (χ0n) is 16.6. The topological polar surface area (TPSA) is 73.6 Å². The summed E-state index contributed by atoms with van der Waals surface area (Å²) in [6.07, 6.45) is 2.33. The van der Waals surface area contributed by atoms with Crippen molar-refractivity contribution in [1.29, 1.82) is 5.26 Å². The number of carbonyl (C=O) groups excluding carboxylic acids is 2. The second-order valence-corrected chi connectivity index (χ2v) is 7.06. The van der Waals surface area contributed by atoms with Gasteiger partial charge in [-0.1, -0.05) is 19.1 Å². The standard InChI is InChI=1S/C23H25N3O3/c1-2-13-25(16-19-7-5-18(15-24)6-8-19)23(28)17-29-21-11-9-20(10-12-21)26-14-3-4-22(26)27/h5-12H,2-4,13-14,16-17H2,1H3. The summed E-state index contributed by atoms with van der Waals surface area (Å²) in [7, 11) is 0. The van der Waals surface area contributed by atoms with Gasteiger partial charge in [0.15, 0.2) is 6.61 Å². The van der Waals surface area contributed by atoms with Crippen LogP contribution in [0.2, 0.25) is 0 Å². The maximum Gasteiger partial charge on any atom is 0.260 e. The summed E-state index contributed by atoms with van der Waals surface area (Å²) in [4.78, 5) is 28.0. The highest BCUT2D eigenvalue weighted by molar-refractivity contribution is 5.95. The van der Waals surface area contributed by atoms with Gasteiger partial charge in [0.2, 0.25) is 5.91 Å². The van der Waals surface area contributed by atoms with Gasteiger partial charge < -0.3 is 14.5 Å². The van der Waals surface area contributed by atoms with E-state index in [0.29, 0.717) is 30.8 Å². The number of amides is 2. The number of benzene rings is 2. The zero-order valence-corrected chi connectivity index (χ0v) is 16.6. The third kappa shape index (κ3) is 5.35. The molecule has 0 aromatic heterocycles. The van der Waals surface area contributed by atoms with Gasteiger partial charge in [-0.15, -0.1) is 0 Å². The largest absolute Gasteiger partial charge is 0.484 e. The molecule has 0 unspecified atom stereocenters. The van der Waals surface area contributed by atoms with Crippen molar-refractivity contribution < 1.29 is 14.3 Å². The number of hydrogen-bond acceptors (Lipinski definition) is 4. The maximum absolute atomic E-state index is 12.6. The summed E-state index contributed by atoms with van der Waals surface area (Å²) in [5, 5.41) is 8.90. The van der Waals surface area contributed by atoms with E-state index in [-0.39, 0.29) is 18.4 Å². The van der Waals surface area contributed by atoms with Crippen molar-refractivity contribution in [2.75, 3.05) is 24.6 Å². The highest BCUT2D eigenvalue weighted by Crippen LogP contribution is 2.24. The summed E-state index contributed by atoms with van der Waals surface area (Å²) in [5.74, 6) is 0.658. The van der Waals surface area contributed by atoms with Gasteiger partial charge >= 0.3 is 0 Å². The number of nitriles is 1. The van der Waals surface area contributed by atoms with Crippen LogP contribution in [0.5, 0.6) is 5.75 Å². The van der Waals surface area contributed by atoms with E-state index in [2.05, 4.69) is 6.07 Å². The SMILES string of the molecule is CCCN(Cc1ccc(C#N)cc1)C(=O)COc1ccc(N2CCCC2=O)cc1. The van der Waals surface area contributed by atoms with Crippen LogP contribution in [-0.2, 0) is 16.1 Å². The lowest BCUT2D eigenvalue weighted by Crippen LogP contribution is -2.35. The fraction of sp³-hybridized carbons (Fsp3) is 0.348. The van der Waals surface area contributed by atoms with E-state index < -0.39 is 0 Å². The first-order valence-electron chi connectivity index (χ1n) is 9.90. The molecule has 1 fully saturated rings. The monoisotopic (exact) mass is 391 g/mol. The van der Waals surface area contributed by atoms with Crippen LogP contribution in [0, 0.1) is 11.3 Å². The van der Waals surface area contributed by atoms with Crippen molar-refractivity contribution >= 4 is 17.5 Å². The molecule has 1 saturated heterocycles. The Morgan fingerprint density at radius 1 is 1.17 bits per heavy atom. The minimum Gasteiger partial charge on any atom is -0.484 e. The summed E-state index contributed by atoms with van der Waals surface area (Å²) < 4.78 is 5.68. The van der Waals surface area contributed by atoms with Gasteiger partial charge in [-0.25, -0.2) is 0 Å². The first-order chi connectivity index (χ1) is 14.1. The van der Waals surface area contributed by atoms with Crippen LogP contribution < -0.4 is 9.64 Å². The predicted molar refractivity (Wildman–Crippen MR) is 110 cm³/mol. The fourth-order valence-electron chi connectivity index (χ4n) is 3.35. The van der Waals surface area contributed by atoms with Gasteiger partial charge in [-0.3, -0.25) is 9.59 Å². The molecule has 6 heteroatoms. The first kappa shape index (κ1) is 20.4. The quantitative estimate of drug-likeness (QED) is 0.690. The van der Waals surface area contributed by atoms with E-state index >= 15 is 0 Å². The molecule has 0 saturated carbocycles. The van der Waals surface area contributed by atoms with Gasteiger partial charge in [0.1, 0.15) is 5.75 Å². The number of rotatable bonds is 8. The number of anilines is 1. The summed E-state index contributed by atoms with van der Waals surface area (Å²) in [6.45, 7) is 3.85. The molecule has 6 nitrogen and oxygen atoms in total. The molecule has 2 amide bonds. The Hall–Kier alpha value is -3.33. The molecule has 2 aromatic rings. The lowest BCUT2D eigenvalue weighted by molar-refractivity contribution is -0.134. The highest BCUT2D eigenvalue weighted by Gasteiger charge is 2.21. The molecule has 0 radical (unpaired) electrons. The molecule has 0 spiro atoms. The minimum absolute atomic E-state index is 0.0434. The third-order valence-corrected chi connectivity index (χ3v) is 4.89. The van der Waals surface area contributed by atoms with Crippen molar-refractivity contribution in [2.24, 2.45) is 0 Å². The summed E-state index contributed by atoms with van der Waals surface area (Å²) in [6, 6.07) is 16.6. The Kier molecular flexibility index (Phi) is 6.85.